The zero-order valence-electron chi connectivity index (χ0n) is 8.00. The number of hydrogen-bond donors (Lipinski definition) is 1. The Balaban J connectivity index is 2.36. The first-order valence-electron chi connectivity index (χ1n) is 4.72. The first-order valence-corrected chi connectivity index (χ1v) is 4.72. The molecule has 0 radical (unpaired) electrons. The number of rotatable bonds is 1. The normalized spacial score (nSPS) is 29.3. The van der Waals surface area contributed by atoms with Gasteiger partial charge in [0.15, 0.2) is 0 Å². The van der Waals surface area contributed by atoms with Gasteiger partial charge in [-0.25, -0.2) is 8.78 Å². The minimum atomic E-state index is -0.987. The van der Waals surface area contributed by atoms with E-state index in [1.807, 2.05) is 6.07 Å². The average Bonchev–Trinajstić information content (AvgIpc) is 2.19. The zero-order chi connectivity index (χ0) is 11.1. The molecule has 0 heterocycles. The summed E-state index contributed by atoms with van der Waals surface area (Å²) >= 11 is 0. The molecular weight excluding hydrogens is 198 g/mol. The molecule has 78 valence electrons. The van der Waals surface area contributed by atoms with Crippen LogP contribution in [0.1, 0.15) is 24.3 Å². The van der Waals surface area contributed by atoms with Crippen molar-refractivity contribution in [3.63, 3.8) is 0 Å². The number of nitrogens with two attached hydrogens (primary N) is 1. The van der Waals surface area contributed by atoms with Crippen molar-refractivity contribution < 1.29 is 8.78 Å². The molecule has 1 aromatic carbocycles. The maximum atomic E-state index is 13.4. The first kappa shape index (κ1) is 10.1. The Labute approximate surface area is 86.3 Å². The second kappa shape index (κ2) is 3.28. The van der Waals surface area contributed by atoms with E-state index in [9.17, 15) is 8.78 Å². The molecule has 1 aliphatic carbocycles. The molecule has 0 unspecified atom stereocenters. The Kier molecular flexibility index (Phi) is 2.20. The Morgan fingerprint density at radius 1 is 1.47 bits per heavy atom. The van der Waals surface area contributed by atoms with Gasteiger partial charge in [0.1, 0.15) is 17.2 Å². The Morgan fingerprint density at radius 3 is 2.67 bits per heavy atom. The van der Waals surface area contributed by atoms with Crippen molar-refractivity contribution in [2.24, 2.45) is 5.73 Å². The van der Waals surface area contributed by atoms with Crippen LogP contribution in [0.15, 0.2) is 18.2 Å². The molecule has 0 aromatic heterocycles. The van der Waals surface area contributed by atoms with Gasteiger partial charge < -0.3 is 5.73 Å². The van der Waals surface area contributed by atoms with Crippen molar-refractivity contribution in [2.75, 3.05) is 0 Å². The maximum absolute atomic E-state index is 13.4. The summed E-state index contributed by atoms with van der Waals surface area (Å²) < 4.78 is 26.1. The molecule has 2 nitrogen and oxygen atoms in total. The van der Waals surface area contributed by atoms with Crippen LogP contribution in [-0.4, -0.2) is 5.54 Å². The van der Waals surface area contributed by atoms with E-state index in [1.54, 1.807) is 0 Å². The summed E-state index contributed by atoms with van der Waals surface area (Å²) in [5.74, 6) is -1.55. The fraction of sp³-hybridized carbons (Fsp3) is 0.364. The van der Waals surface area contributed by atoms with E-state index in [-0.39, 0.29) is 5.92 Å². The van der Waals surface area contributed by atoms with Crippen molar-refractivity contribution in [2.45, 2.75) is 24.3 Å². The summed E-state index contributed by atoms with van der Waals surface area (Å²) in [6.45, 7) is 0. The number of benzene rings is 1. The fourth-order valence-electron chi connectivity index (χ4n) is 1.95. The summed E-state index contributed by atoms with van der Waals surface area (Å²) in [6.07, 6.45) is 1.23. The lowest BCUT2D eigenvalue weighted by Gasteiger charge is -2.41. The van der Waals surface area contributed by atoms with Gasteiger partial charge in [-0.2, -0.15) is 5.26 Å². The van der Waals surface area contributed by atoms with Crippen LogP contribution in [0.5, 0.6) is 0 Å². The van der Waals surface area contributed by atoms with Crippen molar-refractivity contribution in [1.82, 2.24) is 0 Å². The highest BCUT2D eigenvalue weighted by atomic mass is 19.1. The number of nitriles is 1. The van der Waals surface area contributed by atoms with E-state index in [0.717, 1.165) is 6.07 Å². The summed E-state index contributed by atoms with van der Waals surface area (Å²) in [4.78, 5) is 0. The van der Waals surface area contributed by atoms with Gasteiger partial charge in [-0.05, 0) is 24.5 Å². The molecule has 1 aliphatic rings. The van der Waals surface area contributed by atoms with Gasteiger partial charge in [0, 0.05) is 12.0 Å². The van der Waals surface area contributed by atoms with Crippen molar-refractivity contribution in [1.29, 1.82) is 5.26 Å². The Bertz CT molecular complexity index is 439. The molecule has 0 saturated heterocycles. The van der Waals surface area contributed by atoms with Crippen LogP contribution in [0.3, 0.4) is 0 Å². The lowest BCUT2D eigenvalue weighted by molar-refractivity contribution is 0.259. The monoisotopic (exact) mass is 208 g/mol. The van der Waals surface area contributed by atoms with E-state index in [2.05, 4.69) is 0 Å². The van der Waals surface area contributed by atoms with E-state index < -0.39 is 17.2 Å². The molecule has 0 bridgehead atoms. The van der Waals surface area contributed by atoms with Gasteiger partial charge in [0.05, 0.1) is 6.07 Å². The minimum absolute atomic E-state index is 0.317. The summed E-state index contributed by atoms with van der Waals surface area (Å²) in [5.41, 5.74) is 5.12. The molecule has 1 aromatic rings. The van der Waals surface area contributed by atoms with Crippen LogP contribution in [0.4, 0.5) is 8.78 Å². The number of halogens is 2. The second-order valence-electron chi connectivity index (χ2n) is 3.91. The van der Waals surface area contributed by atoms with Gasteiger partial charge in [0.2, 0.25) is 0 Å². The Hall–Kier alpha value is -1.47. The molecule has 1 saturated carbocycles. The molecule has 4 heteroatoms. The lowest BCUT2D eigenvalue weighted by atomic mass is 9.65. The third-order valence-electron chi connectivity index (χ3n) is 3.01. The first-order chi connectivity index (χ1) is 7.07. The van der Waals surface area contributed by atoms with E-state index in [4.69, 9.17) is 11.0 Å². The number of hydrogen-bond acceptors (Lipinski definition) is 2. The Morgan fingerprint density at radius 2 is 2.20 bits per heavy atom. The highest BCUT2D eigenvalue weighted by Gasteiger charge is 2.45. The molecule has 0 amide bonds. The van der Waals surface area contributed by atoms with Crippen LogP contribution in [0.2, 0.25) is 0 Å². The molecule has 2 atom stereocenters. The zero-order valence-corrected chi connectivity index (χ0v) is 8.00. The van der Waals surface area contributed by atoms with Crippen LogP contribution in [0, 0.1) is 23.0 Å². The molecule has 0 aliphatic heterocycles. The maximum Gasteiger partial charge on any atom is 0.129 e. The van der Waals surface area contributed by atoms with Crippen LogP contribution >= 0.6 is 0 Å². The quantitative estimate of drug-likeness (QED) is 0.768. The summed E-state index contributed by atoms with van der Waals surface area (Å²) in [7, 11) is 0. The molecule has 1 fully saturated rings. The van der Waals surface area contributed by atoms with Gasteiger partial charge in [-0.15, -0.1) is 0 Å². The van der Waals surface area contributed by atoms with Gasteiger partial charge in [-0.3, -0.25) is 0 Å². The van der Waals surface area contributed by atoms with E-state index >= 15 is 0 Å². The summed E-state index contributed by atoms with van der Waals surface area (Å²) in [6, 6.07) is 5.37. The average molecular weight is 208 g/mol. The summed E-state index contributed by atoms with van der Waals surface area (Å²) in [5, 5.41) is 8.85. The molecule has 2 rings (SSSR count). The predicted octanol–water partition coefficient (Wildman–Crippen LogP) is 2.06. The molecule has 2 N–H and O–H groups in total. The second-order valence-corrected chi connectivity index (χ2v) is 3.91. The third kappa shape index (κ3) is 1.49. The molecular formula is C11H10F2N2. The highest BCUT2D eigenvalue weighted by Crippen LogP contribution is 2.44. The van der Waals surface area contributed by atoms with Crippen LogP contribution in [-0.2, 0) is 0 Å². The fourth-order valence-corrected chi connectivity index (χ4v) is 1.95. The van der Waals surface area contributed by atoms with Gasteiger partial charge >= 0.3 is 0 Å². The predicted molar refractivity (Wildman–Crippen MR) is 50.9 cm³/mol. The minimum Gasteiger partial charge on any atom is -0.313 e. The van der Waals surface area contributed by atoms with Crippen molar-refractivity contribution >= 4 is 0 Å². The van der Waals surface area contributed by atoms with Gasteiger partial charge in [-0.1, -0.05) is 6.07 Å². The highest BCUT2D eigenvalue weighted by molar-refractivity contribution is 5.34. The molecule has 15 heavy (non-hydrogen) atoms. The SMILES string of the molecule is N#C[C@]1(N)CC[C@H]1c1ccc(F)cc1F. The van der Waals surface area contributed by atoms with Gasteiger partial charge in [0.25, 0.3) is 0 Å². The van der Waals surface area contributed by atoms with Crippen LogP contribution in [0.25, 0.3) is 0 Å². The third-order valence-corrected chi connectivity index (χ3v) is 3.01. The topological polar surface area (TPSA) is 49.8 Å². The van der Waals surface area contributed by atoms with Crippen LogP contribution < -0.4 is 5.73 Å². The van der Waals surface area contributed by atoms with Crippen molar-refractivity contribution in [3.05, 3.63) is 35.4 Å². The van der Waals surface area contributed by atoms with Crippen molar-refractivity contribution in [3.8, 4) is 6.07 Å². The lowest BCUT2D eigenvalue weighted by Crippen LogP contribution is -2.52. The number of nitrogens with zero attached hydrogens (tertiary/aromatic N) is 1. The van der Waals surface area contributed by atoms with E-state index in [1.165, 1.54) is 12.1 Å². The smallest absolute Gasteiger partial charge is 0.129 e. The van der Waals surface area contributed by atoms with E-state index in [0.29, 0.717) is 18.4 Å². The standard InChI is InChI=1S/C11H10F2N2/c12-7-1-2-8(10(13)5-7)9-3-4-11(9,15)6-14/h1-2,5,9H,3-4,15H2/t9-,11+/m0/s1. The molecule has 0 spiro atoms. The largest absolute Gasteiger partial charge is 0.313 e.